The Balaban J connectivity index is 1.80. The highest BCUT2D eigenvalue weighted by Gasteiger charge is 2.43. The van der Waals surface area contributed by atoms with E-state index in [0.29, 0.717) is 33.8 Å². The average molecular weight is 487 g/mol. The van der Waals surface area contributed by atoms with Crippen LogP contribution in [0.1, 0.15) is 44.4 Å². The van der Waals surface area contributed by atoms with Gasteiger partial charge in [0.2, 0.25) is 11.5 Å². The summed E-state index contributed by atoms with van der Waals surface area (Å²) in [4.78, 5) is 33.5. The van der Waals surface area contributed by atoms with Gasteiger partial charge in [-0.1, -0.05) is 12.1 Å². The lowest BCUT2D eigenvalue weighted by Crippen LogP contribution is -2.29. The van der Waals surface area contributed by atoms with E-state index in [9.17, 15) is 9.59 Å². The first-order chi connectivity index (χ1) is 17.4. The molecule has 5 rings (SSSR count). The molecule has 1 atom stereocenters. The minimum atomic E-state index is -0.733. The summed E-state index contributed by atoms with van der Waals surface area (Å²) < 4.78 is 22.8. The van der Waals surface area contributed by atoms with Crippen molar-refractivity contribution >= 4 is 16.9 Å². The van der Waals surface area contributed by atoms with Crippen molar-refractivity contribution in [2.45, 2.75) is 26.4 Å². The van der Waals surface area contributed by atoms with Crippen molar-refractivity contribution in [2.24, 2.45) is 0 Å². The molecule has 0 N–H and O–H groups in total. The van der Waals surface area contributed by atoms with Crippen molar-refractivity contribution in [1.82, 2.24) is 9.88 Å². The Hall–Kier alpha value is -4.33. The van der Waals surface area contributed by atoms with Crippen molar-refractivity contribution in [3.05, 3.63) is 92.6 Å². The molecular formula is C28H26N2O6. The molecule has 2 aromatic carbocycles. The minimum Gasteiger partial charge on any atom is -0.493 e. The first kappa shape index (κ1) is 23.4. The standard InChI is InChI=1S/C28H26N2O6/c1-15-9-16(2)25-19(10-15)24(31)22-23(18-11-20(33-3)26(35-5)21(12-18)34-4)30(28(32)27(22)36-25)14-17-7-6-8-29-13-17/h6-13,23H,14H2,1-5H3/t23-/m1/s1. The van der Waals surface area contributed by atoms with E-state index in [-0.39, 0.29) is 29.2 Å². The molecule has 1 amide bonds. The van der Waals surface area contributed by atoms with Gasteiger partial charge in [-0.3, -0.25) is 14.6 Å². The summed E-state index contributed by atoms with van der Waals surface area (Å²) in [6, 6.07) is 10.2. The molecule has 0 unspecified atom stereocenters. The van der Waals surface area contributed by atoms with Crippen LogP contribution in [0.2, 0.25) is 0 Å². The van der Waals surface area contributed by atoms with Gasteiger partial charge in [-0.05, 0) is 60.4 Å². The van der Waals surface area contributed by atoms with Crippen LogP contribution in [-0.2, 0) is 6.54 Å². The lowest BCUT2D eigenvalue weighted by atomic mass is 9.96. The maximum Gasteiger partial charge on any atom is 0.291 e. The van der Waals surface area contributed by atoms with Crippen LogP contribution in [0.5, 0.6) is 17.2 Å². The van der Waals surface area contributed by atoms with Crippen LogP contribution in [-0.4, -0.2) is 37.1 Å². The number of amides is 1. The van der Waals surface area contributed by atoms with E-state index in [4.69, 9.17) is 18.6 Å². The molecule has 8 heteroatoms. The van der Waals surface area contributed by atoms with E-state index < -0.39 is 6.04 Å². The van der Waals surface area contributed by atoms with Crippen LogP contribution in [0, 0.1) is 13.8 Å². The van der Waals surface area contributed by atoms with E-state index in [1.54, 1.807) is 41.6 Å². The van der Waals surface area contributed by atoms with Gasteiger partial charge in [0.1, 0.15) is 5.58 Å². The fourth-order valence-electron chi connectivity index (χ4n) is 4.93. The number of carbonyl (C=O) groups excluding carboxylic acids is 1. The zero-order valence-electron chi connectivity index (χ0n) is 20.7. The molecule has 3 heterocycles. The number of hydrogen-bond acceptors (Lipinski definition) is 7. The van der Waals surface area contributed by atoms with E-state index >= 15 is 0 Å². The summed E-state index contributed by atoms with van der Waals surface area (Å²) in [7, 11) is 4.57. The number of benzene rings is 2. The number of carbonyl (C=O) groups is 1. The summed E-state index contributed by atoms with van der Waals surface area (Å²) >= 11 is 0. The number of pyridine rings is 1. The summed E-state index contributed by atoms with van der Waals surface area (Å²) in [5, 5.41) is 0.444. The second-order valence-corrected chi connectivity index (χ2v) is 8.79. The van der Waals surface area contributed by atoms with Crippen molar-refractivity contribution in [3.8, 4) is 17.2 Å². The van der Waals surface area contributed by atoms with Gasteiger partial charge >= 0.3 is 0 Å². The van der Waals surface area contributed by atoms with Crippen LogP contribution in [0.3, 0.4) is 0 Å². The van der Waals surface area contributed by atoms with E-state index in [0.717, 1.165) is 16.7 Å². The first-order valence-corrected chi connectivity index (χ1v) is 11.5. The maximum absolute atomic E-state index is 13.9. The van der Waals surface area contributed by atoms with Gasteiger partial charge in [0.15, 0.2) is 16.9 Å². The number of methoxy groups -OCH3 is 3. The summed E-state index contributed by atoms with van der Waals surface area (Å²) in [5.41, 5.74) is 3.66. The molecule has 184 valence electrons. The molecule has 0 bridgehead atoms. The largest absolute Gasteiger partial charge is 0.493 e. The summed E-state index contributed by atoms with van der Waals surface area (Å²) in [6.07, 6.45) is 3.37. The Morgan fingerprint density at radius 3 is 2.33 bits per heavy atom. The Morgan fingerprint density at radius 2 is 1.72 bits per heavy atom. The summed E-state index contributed by atoms with van der Waals surface area (Å²) in [5.74, 6) is 0.939. The molecule has 0 radical (unpaired) electrons. The number of aryl methyl sites for hydroxylation is 2. The molecule has 36 heavy (non-hydrogen) atoms. The first-order valence-electron chi connectivity index (χ1n) is 11.5. The second kappa shape index (κ2) is 9.03. The Bertz CT molecular complexity index is 1520. The average Bonchev–Trinajstić information content (AvgIpc) is 3.16. The number of rotatable bonds is 6. The van der Waals surface area contributed by atoms with Crippen molar-refractivity contribution in [1.29, 1.82) is 0 Å². The lowest BCUT2D eigenvalue weighted by molar-refractivity contribution is 0.0713. The highest BCUT2D eigenvalue weighted by molar-refractivity contribution is 5.99. The van der Waals surface area contributed by atoms with E-state index in [1.807, 2.05) is 26.0 Å². The van der Waals surface area contributed by atoms with Gasteiger partial charge in [0, 0.05) is 18.9 Å². The Labute approximate surface area is 208 Å². The lowest BCUT2D eigenvalue weighted by Gasteiger charge is -2.26. The Morgan fingerprint density at radius 1 is 1.00 bits per heavy atom. The third kappa shape index (κ3) is 3.66. The van der Waals surface area contributed by atoms with Crippen LogP contribution < -0.4 is 19.6 Å². The monoisotopic (exact) mass is 486 g/mol. The predicted molar refractivity (Wildman–Crippen MR) is 134 cm³/mol. The molecule has 0 fully saturated rings. The molecule has 2 aromatic heterocycles. The molecule has 1 aliphatic heterocycles. The molecule has 0 saturated heterocycles. The highest BCUT2D eigenvalue weighted by atomic mass is 16.5. The molecule has 1 aliphatic rings. The van der Waals surface area contributed by atoms with Gasteiger partial charge in [0.05, 0.1) is 38.3 Å². The number of ether oxygens (including phenoxy) is 3. The molecule has 0 aliphatic carbocycles. The van der Waals surface area contributed by atoms with Gasteiger partial charge in [-0.15, -0.1) is 0 Å². The third-order valence-electron chi connectivity index (χ3n) is 6.48. The van der Waals surface area contributed by atoms with E-state index in [2.05, 4.69) is 4.98 Å². The van der Waals surface area contributed by atoms with Crippen molar-refractivity contribution in [3.63, 3.8) is 0 Å². The van der Waals surface area contributed by atoms with Crippen molar-refractivity contribution < 1.29 is 23.4 Å². The zero-order chi connectivity index (χ0) is 25.6. The fourth-order valence-corrected chi connectivity index (χ4v) is 4.93. The predicted octanol–water partition coefficient (Wildman–Crippen LogP) is 4.58. The molecule has 0 saturated carbocycles. The highest BCUT2D eigenvalue weighted by Crippen LogP contribution is 2.45. The maximum atomic E-state index is 13.9. The van der Waals surface area contributed by atoms with Crippen LogP contribution >= 0.6 is 0 Å². The van der Waals surface area contributed by atoms with Gasteiger partial charge in [0.25, 0.3) is 5.91 Å². The van der Waals surface area contributed by atoms with Crippen molar-refractivity contribution in [2.75, 3.05) is 21.3 Å². The second-order valence-electron chi connectivity index (χ2n) is 8.79. The third-order valence-corrected chi connectivity index (χ3v) is 6.48. The number of hydrogen-bond donors (Lipinski definition) is 0. The fraction of sp³-hybridized carbons (Fsp3) is 0.250. The van der Waals surface area contributed by atoms with Crippen LogP contribution in [0.25, 0.3) is 11.0 Å². The Kier molecular flexibility index (Phi) is 5.88. The zero-order valence-corrected chi connectivity index (χ0v) is 20.7. The number of fused-ring (bicyclic) bond motifs is 2. The molecule has 4 aromatic rings. The quantitative estimate of drug-likeness (QED) is 0.394. The SMILES string of the molecule is COc1cc([C@@H]2c3c(oc4c(C)cc(C)cc4c3=O)C(=O)N2Cc2cccnc2)cc(OC)c1OC. The van der Waals surface area contributed by atoms with Gasteiger partial charge in [-0.2, -0.15) is 0 Å². The van der Waals surface area contributed by atoms with Crippen LogP contribution in [0.15, 0.2) is 58.0 Å². The molecular weight excluding hydrogens is 460 g/mol. The van der Waals surface area contributed by atoms with Gasteiger partial charge in [-0.25, -0.2) is 0 Å². The number of nitrogens with zero attached hydrogens (tertiary/aromatic N) is 2. The molecule has 0 spiro atoms. The smallest absolute Gasteiger partial charge is 0.291 e. The topological polar surface area (TPSA) is 91.1 Å². The van der Waals surface area contributed by atoms with E-state index in [1.165, 1.54) is 21.3 Å². The normalized spacial score (nSPS) is 14.8. The number of aromatic nitrogens is 1. The minimum absolute atomic E-state index is 0.0436. The van der Waals surface area contributed by atoms with Crippen LogP contribution in [0.4, 0.5) is 0 Å². The molecule has 8 nitrogen and oxygen atoms in total. The van der Waals surface area contributed by atoms with Gasteiger partial charge < -0.3 is 23.5 Å². The summed E-state index contributed by atoms with van der Waals surface area (Å²) in [6.45, 7) is 4.02.